The average Bonchev–Trinajstić information content (AvgIpc) is 3.49. The highest BCUT2D eigenvalue weighted by molar-refractivity contribution is 7.07. The number of esters is 1. The number of para-hydroxylation sites is 2. The Bertz CT molecular complexity index is 2050. The fourth-order valence-electron chi connectivity index (χ4n) is 5.72. The number of allylic oxidation sites excluding steroid dienone is 1. The van der Waals surface area contributed by atoms with E-state index in [0.29, 0.717) is 31.9 Å². The van der Waals surface area contributed by atoms with Crippen molar-refractivity contribution in [2.75, 3.05) is 27.4 Å². The first kappa shape index (κ1) is 27.7. The summed E-state index contributed by atoms with van der Waals surface area (Å²) in [5, 5.41) is 2.31. The summed E-state index contributed by atoms with van der Waals surface area (Å²) in [6.07, 6.45) is 1.90. The number of hydrogen-bond donors (Lipinski definition) is 0. The number of rotatable bonds is 8. The van der Waals surface area contributed by atoms with Crippen LogP contribution in [0, 0.1) is 0 Å². The Morgan fingerprint density at radius 2 is 1.76 bits per heavy atom. The number of thiazole rings is 1. The maximum absolute atomic E-state index is 14.1. The van der Waals surface area contributed by atoms with Crippen LogP contribution in [0.4, 0.5) is 0 Å². The zero-order chi connectivity index (χ0) is 29.4. The van der Waals surface area contributed by atoms with Gasteiger partial charge in [0.15, 0.2) is 4.80 Å². The number of hydrogen-bond acceptors (Lipinski definition) is 7. The number of benzene rings is 3. The minimum Gasteiger partial charge on any atom is -0.496 e. The summed E-state index contributed by atoms with van der Waals surface area (Å²) in [5.74, 6) is 0.0167. The average molecular weight is 582 g/mol. The van der Waals surface area contributed by atoms with Crippen molar-refractivity contribution >= 4 is 45.2 Å². The molecule has 8 nitrogen and oxygen atoms in total. The van der Waals surface area contributed by atoms with Gasteiger partial charge in [-0.25, -0.2) is 9.79 Å². The smallest absolute Gasteiger partial charge is 0.338 e. The van der Waals surface area contributed by atoms with E-state index in [1.807, 2.05) is 42.5 Å². The minimum atomic E-state index is -0.764. The van der Waals surface area contributed by atoms with Crippen molar-refractivity contribution in [3.05, 3.63) is 109 Å². The lowest BCUT2D eigenvalue weighted by Crippen LogP contribution is -2.40. The standard InChI is InChI=1S/C33H31N3O5S/c1-5-35-25-12-8-6-10-22(25)24-18-21(14-15-26(24)35)19-28-31(37)36-30(23-11-7-9-13-27(23)40-4)29(20(2)34-33(36)42-28)32(38)41-17-16-39-3/h6-15,18-19,30H,5,16-17H2,1-4H3. The van der Waals surface area contributed by atoms with Gasteiger partial charge < -0.3 is 18.8 Å². The van der Waals surface area contributed by atoms with Gasteiger partial charge in [0.25, 0.3) is 5.56 Å². The molecule has 1 atom stereocenters. The molecule has 214 valence electrons. The van der Waals surface area contributed by atoms with Crippen molar-refractivity contribution in [2.24, 2.45) is 4.99 Å². The van der Waals surface area contributed by atoms with Gasteiger partial charge in [0.05, 0.1) is 29.5 Å². The number of ether oxygens (including phenoxy) is 3. The van der Waals surface area contributed by atoms with E-state index in [2.05, 4.69) is 41.8 Å². The van der Waals surface area contributed by atoms with Crippen LogP contribution in [0.1, 0.15) is 31.0 Å². The second kappa shape index (κ2) is 11.4. The first-order valence-corrected chi connectivity index (χ1v) is 14.6. The molecule has 0 amide bonds. The lowest BCUT2D eigenvalue weighted by atomic mass is 9.95. The molecular weight excluding hydrogens is 550 g/mol. The van der Waals surface area contributed by atoms with Gasteiger partial charge in [-0.05, 0) is 49.8 Å². The van der Waals surface area contributed by atoms with E-state index in [4.69, 9.17) is 19.2 Å². The molecule has 42 heavy (non-hydrogen) atoms. The van der Waals surface area contributed by atoms with E-state index in [1.54, 1.807) is 25.7 Å². The van der Waals surface area contributed by atoms with E-state index in [0.717, 1.165) is 23.0 Å². The van der Waals surface area contributed by atoms with Gasteiger partial charge in [0, 0.05) is 41.0 Å². The monoisotopic (exact) mass is 581 g/mol. The van der Waals surface area contributed by atoms with Crippen LogP contribution in [0.25, 0.3) is 27.9 Å². The van der Waals surface area contributed by atoms with Crippen molar-refractivity contribution in [3.8, 4) is 5.75 Å². The molecule has 2 aromatic heterocycles. The molecule has 0 spiro atoms. The van der Waals surface area contributed by atoms with Gasteiger partial charge in [-0.2, -0.15) is 0 Å². The Kier molecular flexibility index (Phi) is 7.53. The second-order valence-electron chi connectivity index (χ2n) is 9.99. The number of fused-ring (bicyclic) bond motifs is 4. The van der Waals surface area contributed by atoms with E-state index >= 15 is 0 Å². The van der Waals surface area contributed by atoms with Crippen molar-refractivity contribution in [2.45, 2.75) is 26.4 Å². The predicted molar refractivity (Wildman–Crippen MR) is 165 cm³/mol. The molecule has 6 rings (SSSR count). The van der Waals surface area contributed by atoms with Crippen LogP contribution in [0.2, 0.25) is 0 Å². The number of carbonyl (C=O) groups is 1. The first-order valence-electron chi connectivity index (χ1n) is 13.8. The van der Waals surface area contributed by atoms with Crippen LogP contribution < -0.4 is 19.6 Å². The fourth-order valence-corrected chi connectivity index (χ4v) is 6.76. The van der Waals surface area contributed by atoms with Crippen LogP contribution in [0.5, 0.6) is 5.75 Å². The second-order valence-corrected chi connectivity index (χ2v) is 11.0. The number of aromatic nitrogens is 2. The maximum atomic E-state index is 14.1. The quantitative estimate of drug-likeness (QED) is 0.198. The third kappa shape index (κ3) is 4.64. The number of methoxy groups -OCH3 is 2. The van der Waals surface area contributed by atoms with Crippen molar-refractivity contribution in [3.63, 3.8) is 0 Å². The highest BCUT2D eigenvalue weighted by atomic mass is 32.1. The molecule has 3 heterocycles. The molecule has 1 aliphatic rings. The summed E-state index contributed by atoms with van der Waals surface area (Å²) in [6, 6.07) is 21.3. The SMILES string of the molecule is CCn1c2ccccc2c2cc(C=c3sc4n(c3=O)C(c3ccccc3OC)C(C(=O)OCCOC)=C(C)N=4)ccc21. The molecule has 5 aromatic rings. The molecule has 1 aliphatic heterocycles. The summed E-state index contributed by atoms with van der Waals surface area (Å²) >= 11 is 1.30. The first-order chi connectivity index (χ1) is 20.5. The molecule has 0 N–H and O–H groups in total. The summed E-state index contributed by atoms with van der Waals surface area (Å²) in [5.41, 5.74) is 4.48. The molecular formula is C33H31N3O5S. The van der Waals surface area contributed by atoms with Crippen molar-refractivity contribution in [1.29, 1.82) is 0 Å². The minimum absolute atomic E-state index is 0.0894. The predicted octanol–water partition coefficient (Wildman–Crippen LogP) is 4.56. The van der Waals surface area contributed by atoms with Crippen molar-refractivity contribution < 1.29 is 19.0 Å². The Morgan fingerprint density at radius 3 is 2.55 bits per heavy atom. The third-order valence-corrected chi connectivity index (χ3v) is 8.59. The highest BCUT2D eigenvalue weighted by Gasteiger charge is 2.35. The number of aryl methyl sites for hydroxylation is 1. The lowest BCUT2D eigenvalue weighted by Gasteiger charge is -2.26. The fraction of sp³-hybridized carbons (Fsp3) is 0.242. The van der Waals surface area contributed by atoms with Gasteiger partial charge in [0.2, 0.25) is 0 Å². The summed E-state index contributed by atoms with van der Waals surface area (Å²) in [6.45, 7) is 5.12. The molecule has 0 saturated carbocycles. The molecule has 0 bridgehead atoms. The zero-order valence-electron chi connectivity index (χ0n) is 23.9. The Balaban J connectivity index is 1.52. The Labute approximate surface area is 246 Å². The normalized spacial score (nSPS) is 15.2. The van der Waals surface area contributed by atoms with Crippen LogP contribution in [0.15, 0.2) is 87.8 Å². The molecule has 9 heteroatoms. The van der Waals surface area contributed by atoms with Gasteiger partial charge >= 0.3 is 5.97 Å². The third-order valence-electron chi connectivity index (χ3n) is 7.61. The van der Waals surface area contributed by atoms with Gasteiger partial charge in [-0.3, -0.25) is 9.36 Å². The van der Waals surface area contributed by atoms with Crippen LogP contribution in [-0.4, -0.2) is 42.5 Å². The van der Waals surface area contributed by atoms with E-state index in [9.17, 15) is 9.59 Å². The summed E-state index contributed by atoms with van der Waals surface area (Å²) in [4.78, 5) is 32.7. The molecule has 0 aliphatic carbocycles. The van der Waals surface area contributed by atoms with Crippen LogP contribution >= 0.6 is 11.3 Å². The van der Waals surface area contributed by atoms with Gasteiger partial charge in [-0.15, -0.1) is 0 Å². The maximum Gasteiger partial charge on any atom is 0.338 e. The van der Waals surface area contributed by atoms with E-state index in [1.165, 1.54) is 22.2 Å². The molecule has 0 saturated heterocycles. The van der Waals surface area contributed by atoms with E-state index < -0.39 is 12.0 Å². The number of nitrogens with zero attached hydrogens (tertiary/aromatic N) is 3. The topological polar surface area (TPSA) is 84.0 Å². The van der Waals surface area contributed by atoms with E-state index in [-0.39, 0.29) is 18.8 Å². The highest BCUT2D eigenvalue weighted by Crippen LogP contribution is 2.36. The molecule has 3 aromatic carbocycles. The van der Waals surface area contributed by atoms with Crippen LogP contribution in [-0.2, 0) is 20.8 Å². The molecule has 1 unspecified atom stereocenters. The number of carbonyl (C=O) groups excluding carboxylic acids is 1. The Morgan fingerprint density at radius 1 is 1.00 bits per heavy atom. The zero-order valence-corrected chi connectivity index (χ0v) is 24.7. The summed E-state index contributed by atoms with van der Waals surface area (Å²) < 4.78 is 20.6. The van der Waals surface area contributed by atoms with Crippen molar-refractivity contribution in [1.82, 2.24) is 9.13 Å². The van der Waals surface area contributed by atoms with Gasteiger partial charge in [-0.1, -0.05) is 53.8 Å². The lowest BCUT2D eigenvalue weighted by molar-refractivity contribution is -0.140. The summed E-state index contributed by atoms with van der Waals surface area (Å²) in [7, 11) is 3.11. The van der Waals surface area contributed by atoms with Crippen LogP contribution in [0.3, 0.4) is 0 Å². The van der Waals surface area contributed by atoms with Gasteiger partial charge in [0.1, 0.15) is 18.4 Å². The molecule has 0 fully saturated rings. The largest absolute Gasteiger partial charge is 0.496 e. The Hall–Kier alpha value is -4.47. The molecule has 0 radical (unpaired) electrons.